The van der Waals surface area contributed by atoms with Crippen LogP contribution in [0.15, 0.2) is 0 Å². The number of aliphatic carboxylic acids is 1. The first kappa shape index (κ1) is 14.0. The van der Waals surface area contributed by atoms with Crippen LogP contribution in [-0.4, -0.2) is 29.1 Å². The number of carbonyl (C=O) groups is 2. The predicted octanol–water partition coefficient (Wildman–Crippen LogP) is 0.729. The van der Waals surface area contributed by atoms with Gasteiger partial charge >= 0.3 is 5.97 Å². The van der Waals surface area contributed by atoms with Gasteiger partial charge in [0.05, 0.1) is 0 Å². The number of hydrogen-bond acceptors (Lipinski definition) is 3. The molecule has 5 nitrogen and oxygen atoms in total. The third kappa shape index (κ3) is 4.34. The summed E-state index contributed by atoms with van der Waals surface area (Å²) in [6.07, 6.45) is 1.92. The van der Waals surface area contributed by atoms with Crippen molar-refractivity contribution >= 4 is 11.9 Å². The Morgan fingerprint density at radius 2 is 1.94 bits per heavy atom. The van der Waals surface area contributed by atoms with E-state index in [4.69, 9.17) is 10.8 Å². The summed E-state index contributed by atoms with van der Waals surface area (Å²) in [4.78, 5) is 22.6. The van der Waals surface area contributed by atoms with Gasteiger partial charge in [-0.05, 0) is 24.2 Å². The summed E-state index contributed by atoms with van der Waals surface area (Å²) in [5, 5.41) is 11.5. The first-order chi connectivity index (χ1) is 7.71. The third-order valence-corrected chi connectivity index (χ3v) is 3.19. The van der Waals surface area contributed by atoms with Crippen LogP contribution in [0, 0.1) is 11.3 Å². The Kier molecular flexibility index (Phi) is 4.14. The Bertz CT molecular complexity index is 305. The van der Waals surface area contributed by atoms with E-state index < -0.39 is 12.0 Å². The molecule has 0 saturated heterocycles. The van der Waals surface area contributed by atoms with E-state index in [0.29, 0.717) is 0 Å². The second-order valence-electron chi connectivity index (χ2n) is 5.90. The van der Waals surface area contributed by atoms with Crippen molar-refractivity contribution in [1.82, 2.24) is 5.32 Å². The normalized spacial score (nSPS) is 19.5. The summed E-state index contributed by atoms with van der Waals surface area (Å²) < 4.78 is 0. The topological polar surface area (TPSA) is 92.4 Å². The van der Waals surface area contributed by atoms with E-state index in [1.54, 1.807) is 0 Å². The van der Waals surface area contributed by atoms with Gasteiger partial charge < -0.3 is 16.2 Å². The fourth-order valence-electron chi connectivity index (χ4n) is 1.55. The molecule has 0 aromatic heterocycles. The van der Waals surface area contributed by atoms with Crippen molar-refractivity contribution in [1.29, 1.82) is 0 Å². The van der Waals surface area contributed by atoms with Gasteiger partial charge in [0.1, 0.15) is 6.04 Å². The highest BCUT2D eigenvalue weighted by molar-refractivity contribution is 5.84. The highest BCUT2D eigenvalue weighted by Crippen LogP contribution is 2.32. The van der Waals surface area contributed by atoms with E-state index in [0.717, 1.165) is 12.8 Å². The Morgan fingerprint density at radius 3 is 2.29 bits per heavy atom. The molecule has 1 aliphatic rings. The van der Waals surface area contributed by atoms with E-state index in [1.807, 2.05) is 20.8 Å². The molecule has 0 aliphatic heterocycles. The molecule has 1 fully saturated rings. The summed E-state index contributed by atoms with van der Waals surface area (Å²) >= 11 is 0. The maximum atomic E-state index is 11.7. The molecule has 17 heavy (non-hydrogen) atoms. The van der Waals surface area contributed by atoms with E-state index >= 15 is 0 Å². The largest absolute Gasteiger partial charge is 0.480 e. The number of nitrogens with two attached hydrogens (primary N) is 1. The van der Waals surface area contributed by atoms with Gasteiger partial charge in [-0.3, -0.25) is 4.79 Å². The Labute approximate surface area is 102 Å². The highest BCUT2D eigenvalue weighted by Gasteiger charge is 2.37. The smallest absolute Gasteiger partial charge is 0.326 e. The minimum atomic E-state index is -0.954. The fraction of sp³-hybridized carbons (Fsp3) is 0.833. The third-order valence-electron chi connectivity index (χ3n) is 3.19. The van der Waals surface area contributed by atoms with Crippen LogP contribution in [0.25, 0.3) is 0 Å². The van der Waals surface area contributed by atoms with Crippen molar-refractivity contribution in [2.45, 2.75) is 52.1 Å². The van der Waals surface area contributed by atoms with Gasteiger partial charge in [-0.2, -0.15) is 0 Å². The minimum Gasteiger partial charge on any atom is -0.480 e. The van der Waals surface area contributed by atoms with E-state index in [-0.39, 0.29) is 29.7 Å². The van der Waals surface area contributed by atoms with Crippen molar-refractivity contribution in [2.75, 3.05) is 0 Å². The summed E-state index contributed by atoms with van der Waals surface area (Å²) in [5.41, 5.74) is 5.73. The van der Waals surface area contributed by atoms with Crippen LogP contribution in [0.2, 0.25) is 0 Å². The standard InChI is InChI=1S/C12H22N2O3/c1-12(2,3)8(13)6-9(15)14-10(11(16)17)7-4-5-7/h7-8,10H,4-6,13H2,1-3H3,(H,14,15)(H,16,17). The van der Waals surface area contributed by atoms with Gasteiger partial charge in [0.25, 0.3) is 0 Å². The molecule has 2 atom stereocenters. The van der Waals surface area contributed by atoms with Crippen LogP contribution in [0.5, 0.6) is 0 Å². The lowest BCUT2D eigenvalue weighted by Gasteiger charge is -2.27. The van der Waals surface area contributed by atoms with Crippen molar-refractivity contribution in [3.05, 3.63) is 0 Å². The van der Waals surface area contributed by atoms with Gasteiger partial charge in [-0.25, -0.2) is 4.79 Å². The SMILES string of the molecule is CC(C)(C)C(N)CC(=O)NC(C(=O)O)C1CC1. The molecular weight excluding hydrogens is 220 g/mol. The molecular formula is C12H22N2O3. The number of carboxylic acid groups (broad SMARTS) is 1. The van der Waals surface area contributed by atoms with Crippen LogP contribution in [0.4, 0.5) is 0 Å². The molecule has 2 unspecified atom stereocenters. The molecule has 0 aromatic rings. The van der Waals surface area contributed by atoms with Crippen molar-refractivity contribution in [2.24, 2.45) is 17.1 Å². The van der Waals surface area contributed by atoms with Crippen LogP contribution in [-0.2, 0) is 9.59 Å². The lowest BCUT2D eigenvalue weighted by Crippen LogP contribution is -2.46. The predicted molar refractivity (Wildman–Crippen MR) is 64.3 cm³/mol. The quantitative estimate of drug-likeness (QED) is 0.662. The zero-order chi connectivity index (χ0) is 13.2. The van der Waals surface area contributed by atoms with Gasteiger partial charge in [-0.15, -0.1) is 0 Å². The van der Waals surface area contributed by atoms with E-state index in [9.17, 15) is 9.59 Å². The van der Waals surface area contributed by atoms with Crippen LogP contribution >= 0.6 is 0 Å². The zero-order valence-electron chi connectivity index (χ0n) is 10.7. The maximum Gasteiger partial charge on any atom is 0.326 e. The van der Waals surface area contributed by atoms with E-state index in [1.165, 1.54) is 0 Å². The van der Waals surface area contributed by atoms with Crippen molar-refractivity contribution in [3.8, 4) is 0 Å². The van der Waals surface area contributed by atoms with Gasteiger partial charge in [-0.1, -0.05) is 20.8 Å². The highest BCUT2D eigenvalue weighted by atomic mass is 16.4. The lowest BCUT2D eigenvalue weighted by atomic mass is 9.85. The lowest BCUT2D eigenvalue weighted by molar-refractivity contribution is -0.142. The fourth-order valence-corrected chi connectivity index (χ4v) is 1.55. The zero-order valence-corrected chi connectivity index (χ0v) is 10.7. The van der Waals surface area contributed by atoms with Gasteiger partial charge in [0.2, 0.25) is 5.91 Å². The number of carbonyl (C=O) groups excluding carboxylic acids is 1. The maximum absolute atomic E-state index is 11.7. The average molecular weight is 242 g/mol. The molecule has 1 rings (SSSR count). The second-order valence-corrected chi connectivity index (χ2v) is 5.90. The molecule has 4 N–H and O–H groups in total. The monoisotopic (exact) mass is 242 g/mol. The van der Waals surface area contributed by atoms with Crippen LogP contribution in [0.1, 0.15) is 40.0 Å². The Hall–Kier alpha value is -1.10. The number of rotatable bonds is 5. The summed E-state index contributed by atoms with van der Waals surface area (Å²) in [7, 11) is 0. The molecule has 1 amide bonds. The van der Waals surface area contributed by atoms with Gasteiger partial charge in [0.15, 0.2) is 0 Å². The van der Waals surface area contributed by atoms with Crippen LogP contribution < -0.4 is 11.1 Å². The summed E-state index contributed by atoms with van der Waals surface area (Å²) in [6.45, 7) is 5.88. The molecule has 0 aromatic carbocycles. The first-order valence-electron chi connectivity index (χ1n) is 5.99. The second kappa shape index (κ2) is 5.04. The molecule has 0 heterocycles. The number of nitrogens with one attached hydrogen (secondary N) is 1. The molecule has 0 radical (unpaired) electrons. The van der Waals surface area contributed by atoms with Crippen molar-refractivity contribution < 1.29 is 14.7 Å². The molecule has 5 heteroatoms. The summed E-state index contributed by atoms with van der Waals surface area (Å²) in [5.74, 6) is -1.13. The van der Waals surface area contributed by atoms with E-state index in [2.05, 4.69) is 5.32 Å². The number of amides is 1. The van der Waals surface area contributed by atoms with Crippen LogP contribution in [0.3, 0.4) is 0 Å². The van der Waals surface area contributed by atoms with Crippen molar-refractivity contribution in [3.63, 3.8) is 0 Å². The number of carboxylic acids is 1. The molecule has 1 saturated carbocycles. The first-order valence-corrected chi connectivity index (χ1v) is 5.99. The molecule has 98 valence electrons. The van der Waals surface area contributed by atoms with Gasteiger partial charge in [0, 0.05) is 12.5 Å². The Morgan fingerprint density at radius 1 is 1.41 bits per heavy atom. The molecule has 0 bridgehead atoms. The summed E-state index contributed by atoms with van der Waals surface area (Å²) in [6, 6.07) is -1.01. The minimum absolute atomic E-state index is 0.0994. The molecule has 1 aliphatic carbocycles. The average Bonchev–Trinajstić information content (AvgIpc) is 2.95. The molecule has 0 spiro atoms. The Balaban J connectivity index is 2.45. The number of hydrogen-bond donors (Lipinski definition) is 3.